The number of hydrogen-bond donors (Lipinski definition) is 0. The molecule has 0 fully saturated rings. The van der Waals surface area contributed by atoms with Gasteiger partial charge in [0.25, 0.3) is 5.89 Å². The van der Waals surface area contributed by atoms with E-state index in [4.69, 9.17) is 9.26 Å². The Kier molecular flexibility index (Phi) is 3.22. The maximum absolute atomic E-state index is 5.41. The minimum Gasteiger partial charge on any atom is -0.371 e. The van der Waals surface area contributed by atoms with E-state index in [2.05, 4.69) is 15.1 Å². The van der Waals surface area contributed by atoms with Gasteiger partial charge in [0.2, 0.25) is 5.82 Å². The molecule has 0 bridgehead atoms. The van der Waals surface area contributed by atoms with E-state index in [1.54, 1.807) is 7.11 Å². The van der Waals surface area contributed by atoms with Gasteiger partial charge in [-0.15, -0.1) is 0 Å². The predicted octanol–water partition coefficient (Wildman–Crippen LogP) is 3.47. The van der Waals surface area contributed by atoms with Gasteiger partial charge < -0.3 is 9.26 Å². The fourth-order valence-electron chi connectivity index (χ4n) is 2.09. The van der Waals surface area contributed by atoms with Gasteiger partial charge >= 0.3 is 0 Å². The highest BCUT2D eigenvalue weighted by molar-refractivity contribution is 5.91. The number of ether oxygens (including phenoxy) is 1. The number of pyridine rings is 1. The third-order valence-corrected chi connectivity index (χ3v) is 3.56. The predicted molar refractivity (Wildman–Crippen MR) is 79.8 cm³/mol. The fraction of sp³-hybridized carbons (Fsp3) is 0.312. The maximum atomic E-state index is 5.41. The van der Waals surface area contributed by atoms with Crippen LogP contribution in [0.25, 0.3) is 22.4 Å². The Morgan fingerprint density at radius 1 is 1.10 bits per heavy atom. The molecule has 3 rings (SSSR count). The first-order chi connectivity index (χ1) is 10.0. The highest BCUT2D eigenvalue weighted by Gasteiger charge is 2.27. The molecule has 1 aromatic carbocycles. The molecule has 0 saturated carbocycles. The second-order valence-electron chi connectivity index (χ2n) is 5.47. The average molecular weight is 283 g/mol. The highest BCUT2D eigenvalue weighted by Crippen LogP contribution is 2.28. The van der Waals surface area contributed by atoms with E-state index < -0.39 is 5.60 Å². The van der Waals surface area contributed by atoms with E-state index in [-0.39, 0.29) is 0 Å². The maximum Gasteiger partial charge on any atom is 0.260 e. The quantitative estimate of drug-likeness (QED) is 0.736. The molecule has 3 aromatic rings. The lowest BCUT2D eigenvalue weighted by molar-refractivity contribution is 0.00973. The van der Waals surface area contributed by atoms with E-state index in [0.717, 1.165) is 22.2 Å². The summed E-state index contributed by atoms with van der Waals surface area (Å²) in [5.74, 6) is 0.975. The van der Waals surface area contributed by atoms with E-state index in [1.807, 2.05) is 51.1 Å². The lowest BCUT2D eigenvalue weighted by atomic mass is 10.1. The molecule has 0 amide bonds. The highest BCUT2D eigenvalue weighted by atomic mass is 16.5. The molecule has 2 aromatic heterocycles. The second kappa shape index (κ2) is 4.93. The van der Waals surface area contributed by atoms with Crippen LogP contribution in [0, 0.1) is 6.92 Å². The van der Waals surface area contributed by atoms with Crippen molar-refractivity contribution in [3.63, 3.8) is 0 Å². The number of aryl methyl sites for hydroxylation is 1. The van der Waals surface area contributed by atoms with Gasteiger partial charge in [0.1, 0.15) is 5.60 Å². The molecule has 0 N–H and O–H groups in total. The summed E-state index contributed by atoms with van der Waals surface area (Å²) in [6.07, 6.45) is 0. The summed E-state index contributed by atoms with van der Waals surface area (Å²) in [5, 5.41) is 5.07. The zero-order valence-electron chi connectivity index (χ0n) is 12.5. The molecule has 0 radical (unpaired) electrons. The summed E-state index contributed by atoms with van der Waals surface area (Å²) in [7, 11) is 1.62. The smallest absolute Gasteiger partial charge is 0.260 e. The van der Waals surface area contributed by atoms with Crippen LogP contribution in [-0.4, -0.2) is 22.2 Å². The van der Waals surface area contributed by atoms with Crippen LogP contribution in [0.3, 0.4) is 0 Å². The number of aromatic nitrogens is 3. The molecule has 0 saturated heterocycles. The molecule has 0 atom stereocenters. The van der Waals surface area contributed by atoms with Crippen LogP contribution in [0.4, 0.5) is 0 Å². The van der Waals surface area contributed by atoms with Gasteiger partial charge in [-0.25, -0.2) is 0 Å². The first-order valence-electron chi connectivity index (χ1n) is 6.77. The number of nitrogens with zero attached hydrogens (tertiary/aromatic N) is 3. The largest absolute Gasteiger partial charge is 0.371 e. The minimum atomic E-state index is -0.588. The standard InChI is InChI=1S/C16H17N3O2/c1-10-8-9-11-6-5-7-12(13(11)17-10)14-18-15(19-21-14)16(2,3)20-4/h5-9H,1-4H3. The summed E-state index contributed by atoms with van der Waals surface area (Å²) < 4.78 is 10.8. The number of fused-ring (bicyclic) bond motifs is 1. The summed E-state index contributed by atoms with van der Waals surface area (Å²) in [6, 6.07) is 9.93. The van der Waals surface area contributed by atoms with Crippen molar-refractivity contribution in [3.05, 3.63) is 41.9 Å². The summed E-state index contributed by atoms with van der Waals surface area (Å²) in [6.45, 7) is 5.75. The second-order valence-corrected chi connectivity index (χ2v) is 5.47. The van der Waals surface area contributed by atoms with Crippen LogP contribution in [-0.2, 0) is 10.3 Å². The van der Waals surface area contributed by atoms with E-state index in [0.29, 0.717) is 11.7 Å². The molecular formula is C16H17N3O2. The number of rotatable bonds is 3. The molecule has 0 unspecified atom stereocenters. The third kappa shape index (κ3) is 2.40. The molecule has 0 spiro atoms. The zero-order valence-corrected chi connectivity index (χ0v) is 12.5. The van der Waals surface area contributed by atoms with Crippen LogP contribution in [0.2, 0.25) is 0 Å². The van der Waals surface area contributed by atoms with Crippen molar-refractivity contribution >= 4 is 10.9 Å². The molecular weight excluding hydrogens is 266 g/mol. The van der Waals surface area contributed by atoms with Gasteiger partial charge in [-0.1, -0.05) is 23.4 Å². The number of para-hydroxylation sites is 1. The summed E-state index contributed by atoms with van der Waals surface area (Å²) in [4.78, 5) is 9.04. The normalized spacial score (nSPS) is 12.0. The van der Waals surface area contributed by atoms with Crippen molar-refractivity contribution in [2.45, 2.75) is 26.4 Å². The Morgan fingerprint density at radius 2 is 1.90 bits per heavy atom. The average Bonchev–Trinajstić information content (AvgIpc) is 2.97. The van der Waals surface area contributed by atoms with Crippen molar-refractivity contribution in [2.24, 2.45) is 0 Å². The van der Waals surface area contributed by atoms with Crippen LogP contribution < -0.4 is 0 Å². The Hall–Kier alpha value is -2.27. The van der Waals surface area contributed by atoms with E-state index in [1.165, 1.54) is 0 Å². The summed E-state index contributed by atoms with van der Waals surface area (Å²) >= 11 is 0. The third-order valence-electron chi connectivity index (χ3n) is 3.56. The van der Waals surface area contributed by atoms with Crippen molar-refractivity contribution in [2.75, 3.05) is 7.11 Å². The minimum absolute atomic E-state index is 0.457. The molecule has 5 heteroatoms. The Labute approximate surface area is 123 Å². The van der Waals surface area contributed by atoms with Gasteiger partial charge in [0.05, 0.1) is 11.1 Å². The molecule has 108 valence electrons. The zero-order chi connectivity index (χ0) is 15.0. The molecule has 0 aliphatic carbocycles. The first-order valence-corrected chi connectivity index (χ1v) is 6.77. The van der Waals surface area contributed by atoms with Crippen molar-refractivity contribution in [1.82, 2.24) is 15.1 Å². The van der Waals surface area contributed by atoms with E-state index >= 15 is 0 Å². The van der Waals surface area contributed by atoms with Crippen molar-refractivity contribution in [3.8, 4) is 11.5 Å². The SMILES string of the molecule is COC(C)(C)c1noc(-c2cccc3ccc(C)nc23)n1. The molecule has 2 heterocycles. The number of benzene rings is 1. The lowest BCUT2D eigenvalue weighted by Crippen LogP contribution is -2.21. The Balaban J connectivity index is 2.15. The number of methoxy groups -OCH3 is 1. The van der Waals surface area contributed by atoms with E-state index in [9.17, 15) is 0 Å². The van der Waals surface area contributed by atoms with Crippen LogP contribution in [0.15, 0.2) is 34.9 Å². The monoisotopic (exact) mass is 283 g/mol. The molecule has 21 heavy (non-hydrogen) atoms. The van der Waals surface area contributed by atoms with Crippen LogP contribution in [0.5, 0.6) is 0 Å². The van der Waals surface area contributed by atoms with Gasteiger partial charge in [-0.3, -0.25) is 4.98 Å². The number of hydrogen-bond acceptors (Lipinski definition) is 5. The van der Waals surface area contributed by atoms with Gasteiger partial charge in [0, 0.05) is 18.2 Å². The lowest BCUT2D eigenvalue weighted by Gasteiger charge is -2.17. The van der Waals surface area contributed by atoms with Gasteiger partial charge in [-0.2, -0.15) is 4.98 Å². The molecule has 5 nitrogen and oxygen atoms in total. The van der Waals surface area contributed by atoms with Gasteiger partial charge in [0.15, 0.2) is 0 Å². The molecule has 0 aliphatic rings. The van der Waals surface area contributed by atoms with Crippen LogP contribution in [0.1, 0.15) is 25.4 Å². The molecule has 0 aliphatic heterocycles. The topological polar surface area (TPSA) is 61.0 Å². The van der Waals surface area contributed by atoms with Crippen molar-refractivity contribution in [1.29, 1.82) is 0 Å². The first kappa shape index (κ1) is 13.7. The summed E-state index contributed by atoms with van der Waals surface area (Å²) in [5.41, 5.74) is 2.06. The fourth-order valence-corrected chi connectivity index (χ4v) is 2.09. The Bertz CT molecular complexity index is 793. The van der Waals surface area contributed by atoms with Gasteiger partial charge in [-0.05, 0) is 32.9 Å². The Morgan fingerprint density at radius 3 is 2.67 bits per heavy atom. The van der Waals surface area contributed by atoms with Crippen LogP contribution >= 0.6 is 0 Å². The van der Waals surface area contributed by atoms with Crippen molar-refractivity contribution < 1.29 is 9.26 Å².